The van der Waals surface area contributed by atoms with Gasteiger partial charge in [-0.1, -0.05) is 36.4 Å². The van der Waals surface area contributed by atoms with Crippen LogP contribution >= 0.6 is 0 Å². The zero-order chi connectivity index (χ0) is 20.9. The third kappa shape index (κ3) is 4.38. The number of aromatic nitrogens is 1. The van der Waals surface area contributed by atoms with E-state index in [9.17, 15) is 9.59 Å². The van der Waals surface area contributed by atoms with Crippen molar-refractivity contribution in [2.75, 3.05) is 0 Å². The molecule has 4 rings (SSSR count). The molecule has 2 heterocycles. The molecule has 0 spiro atoms. The second kappa shape index (κ2) is 8.61. The molecule has 6 heteroatoms. The van der Waals surface area contributed by atoms with Crippen LogP contribution in [0.2, 0.25) is 0 Å². The van der Waals surface area contributed by atoms with Crippen LogP contribution in [0.3, 0.4) is 0 Å². The van der Waals surface area contributed by atoms with Crippen LogP contribution in [0.25, 0.3) is 22.1 Å². The van der Waals surface area contributed by atoms with Gasteiger partial charge in [0.25, 0.3) is 5.91 Å². The molecular formula is C24H20N2O4. The smallest absolute Gasteiger partial charge is 0.336 e. The molecule has 2 aromatic heterocycles. The molecule has 0 saturated carbocycles. The Balaban J connectivity index is 1.52. The third-order valence-electron chi connectivity index (χ3n) is 4.67. The Morgan fingerprint density at radius 3 is 2.70 bits per heavy atom. The summed E-state index contributed by atoms with van der Waals surface area (Å²) in [4.78, 5) is 28.4. The zero-order valence-electron chi connectivity index (χ0n) is 16.4. The number of amides is 1. The molecule has 0 aliphatic carbocycles. The van der Waals surface area contributed by atoms with Gasteiger partial charge in [-0.2, -0.15) is 0 Å². The molecule has 1 N–H and O–H groups in total. The first kappa shape index (κ1) is 19.4. The van der Waals surface area contributed by atoms with Crippen molar-refractivity contribution in [3.63, 3.8) is 0 Å². The van der Waals surface area contributed by atoms with Gasteiger partial charge in [0, 0.05) is 36.5 Å². The molecular weight excluding hydrogens is 380 g/mol. The monoisotopic (exact) mass is 400 g/mol. The fourth-order valence-corrected chi connectivity index (χ4v) is 3.17. The molecule has 1 amide bonds. The van der Waals surface area contributed by atoms with Crippen LogP contribution in [0.1, 0.15) is 12.5 Å². The van der Waals surface area contributed by atoms with Crippen LogP contribution < -0.4 is 15.7 Å². The van der Waals surface area contributed by atoms with Gasteiger partial charge >= 0.3 is 5.63 Å². The van der Waals surface area contributed by atoms with E-state index in [1.165, 1.54) is 6.07 Å². The van der Waals surface area contributed by atoms with Crippen molar-refractivity contribution in [1.82, 2.24) is 10.3 Å². The third-order valence-corrected chi connectivity index (χ3v) is 4.67. The van der Waals surface area contributed by atoms with Gasteiger partial charge in [0.1, 0.15) is 11.3 Å². The van der Waals surface area contributed by atoms with Crippen LogP contribution in [0.5, 0.6) is 5.75 Å². The number of nitrogens with one attached hydrogen (secondary N) is 1. The lowest BCUT2D eigenvalue weighted by molar-refractivity contribution is -0.127. The van der Waals surface area contributed by atoms with E-state index in [1.807, 2.05) is 48.5 Å². The highest BCUT2D eigenvalue weighted by Gasteiger charge is 2.16. The number of carbonyl (C=O) groups is 1. The van der Waals surface area contributed by atoms with E-state index < -0.39 is 11.7 Å². The Kier molecular flexibility index (Phi) is 5.57. The van der Waals surface area contributed by atoms with E-state index in [1.54, 1.807) is 31.5 Å². The summed E-state index contributed by atoms with van der Waals surface area (Å²) >= 11 is 0. The second-order valence-corrected chi connectivity index (χ2v) is 6.84. The van der Waals surface area contributed by atoms with E-state index >= 15 is 0 Å². The van der Waals surface area contributed by atoms with Gasteiger partial charge in [0.05, 0.1) is 0 Å². The van der Waals surface area contributed by atoms with Gasteiger partial charge in [0.15, 0.2) is 6.10 Å². The highest BCUT2D eigenvalue weighted by Crippen LogP contribution is 2.29. The lowest BCUT2D eigenvalue weighted by Gasteiger charge is -2.15. The van der Waals surface area contributed by atoms with Crippen molar-refractivity contribution in [3.8, 4) is 16.9 Å². The summed E-state index contributed by atoms with van der Waals surface area (Å²) in [6, 6.07) is 20.0. The van der Waals surface area contributed by atoms with Crippen molar-refractivity contribution >= 4 is 16.9 Å². The minimum absolute atomic E-state index is 0.251. The summed E-state index contributed by atoms with van der Waals surface area (Å²) in [7, 11) is 0. The maximum absolute atomic E-state index is 12.3. The van der Waals surface area contributed by atoms with E-state index in [0.29, 0.717) is 17.9 Å². The maximum Gasteiger partial charge on any atom is 0.336 e. The van der Waals surface area contributed by atoms with Gasteiger partial charge in [-0.25, -0.2) is 4.79 Å². The van der Waals surface area contributed by atoms with Crippen molar-refractivity contribution in [3.05, 3.63) is 95.1 Å². The molecule has 0 bridgehead atoms. The summed E-state index contributed by atoms with van der Waals surface area (Å²) in [5.41, 5.74) is 2.57. The molecule has 2 aromatic carbocycles. The topological polar surface area (TPSA) is 81.4 Å². The molecule has 30 heavy (non-hydrogen) atoms. The van der Waals surface area contributed by atoms with E-state index in [4.69, 9.17) is 9.15 Å². The number of carbonyl (C=O) groups excluding carboxylic acids is 1. The number of pyridine rings is 1. The minimum atomic E-state index is -0.719. The summed E-state index contributed by atoms with van der Waals surface area (Å²) < 4.78 is 11.1. The van der Waals surface area contributed by atoms with Gasteiger partial charge < -0.3 is 14.5 Å². The number of rotatable bonds is 6. The van der Waals surface area contributed by atoms with E-state index in [2.05, 4.69) is 10.3 Å². The van der Waals surface area contributed by atoms with Crippen molar-refractivity contribution in [1.29, 1.82) is 0 Å². The quantitative estimate of drug-likeness (QED) is 0.496. The number of hydrogen-bond donors (Lipinski definition) is 1. The lowest BCUT2D eigenvalue weighted by atomic mass is 10.0. The first-order chi connectivity index (χ1) is 14.6. The zero-order valence-corrected chi connectivity index (χ0v) is 16.4. The molecule has 0 fully saturated rings. The van der Waals surface area contributed by atoms with Crippen LogP contribution in [0, 0.1) is 0 Å². The average molecular weight is 400 g/mol. The summed E-state index contributed by atoms with van der Waals surface area (Å²) in [6.07, 6.45) is 2.66. The van der Waals surface area contributed by atoms with Crippen molar-refractivity contribution < 1.29 is 13.9 Å². The lowest BCUT2D eigenvalue weighted by Crippen LogP contribution is -2.35. The normalized spacial score (nSPS) is 11.8. The maximum atomic E-state index is 12.3. The van der Waals surface area contributed by atoms with E-state index in [-0.39, 0.29) is 5.91 Å². The molecule has 4 aromatic rings. The van der Waals surface area contributed by atoms with Crippen LogP contribution in [0.15, 0.2) is 88.3 Å². The van der Waals surface area contributed by atoms with Gasteiger partial charge in [-0.05, 0) is 41.8 Å². The number of hydrogen-bond acceptors (Lipinski definition) is 5. The number of ether oxygens (including phenoxy) is 1. The van der Waals surface area contributed by atoms with Crippen LogP contribution in [0.4, 0.5) is 0 Å². The SMILES string of the molecule is CC(Oc1ccc2c(-c3ccccc3)cc(=O)oc2c1)C(=O)NCc1cccnc1. The Morgan fingerprint density at radius 1 is 1.10 bits per heavy atom. The summed E-state index contributed by atoms with van der Waals surface area (Å²) in [5.74, 6) is 0.193. The largest absolute Gasteiger partial charge is 0.481 e. The molecule has 150 valence electrons. The Morgan fingerprint density at radius 2 is 1.93 bits per heavy atom. The Labute approximate surface area is 173 Å². The molecule has 1 unspecified atom stereocenters. The molecule has 0 aliphatic rings. The predicted molar refractivity (Wildman–Crippen MR) is 114 cm³/mol. The Hall–Kier alpha value is -3.93. The first-order valence-corrected chi connectivity index (χ1v) is 9.57. The second-order valence-electron chi connectivity index (χ2n) is 6.84. The van der Waals surface area contributed by atoms with Crippen LogP contribution in [-0.4, -0.2) is 17.0 Å². The fraction of sp³-hybridized carbons (Fsp3) is 0.125. The van der Waals surface area contributed by atoms with Gasteiger partial charge in [0.2, 0.25) is 0 Å². The first-order valence-electron chi connectivity index (χ1n) is 9.57. The average Bonchev–Trinajstić information content (AvgIpc) is 2.78. The van der Waals surface area contributed by atoms with Gasteiger partial charge in [-0.15, -0.1) is 0 Å². The standard InChI is InChI=1S/C24H20N2O4/c1-16(24(28)26-15-17-6-5-11-25-14-17)29-19-9-10-20-21(18-7-3-2-4-8-18)13-23(27)30-22(20)12-19/h2-14,16H,15H2,1H3,(H,26,28). The van der Waals surface area contributed by atoms with Crippen molar-refractivity contribution in [2.45, 2.75) is 19.6 Å². The van der Waals surface area contributed by atoms with E-state index in [0.717, 1.165) is 22.1 Å². The summed E-state index contributed by atoms with van der Waals surface area (Å²) in [5, 5.41) is 3.61. The highest BCUT2D eigenvalue weighted by molar-refractivity contribution is 5.93. The highest BCUT2D eigenvalue weighted by atomic mass is 16.5. The van der Waals surface area contributed by atoms with Crippen LogP contribution in [-0.2, 0) is 11.3 Å². The number of fused-ring (bicyclic) bond motifs is 1. The number of nitrogens with zero attached hydrogens (tertiary/aromatic N) is 1. The minimum Gasteiger partial charge on any atom is -0.481 e. The molecule has 6 nitrogen and oxygen atoms in total. The molecule has 0 aliphatic heterocycles. The summed E-state index contributed by atoms with van der Waals surface area (Å²) in [6.45, 7) is 2.03. The van der Waals surface area contributed by atoms with Gasteiger partial charge in [-0.3, -0.25) is 9.78 Å². The molecule has 1 atom stereocenters. The molecule has 0 saturated heterocycles. The fourth-order valence-electron chi connectivity index (χ4n) is 3.17. The number of benzene rings is 2. The Bertz CT molecular complexity index is 1220. The molecule has 0 radical (unpaired) electrons. The predicted octanol–water partition coefficient (Wildman–Crippen LogP) is 3.94. The van der Waals surface area contributed by atoms with Crippen molar-refractivity contribution in [2.24, 2.45) is 0 Å².